The predicted molar refractivity (Wildman–Crippen MR) is 91.1 cm³/mol. The second-order valence-electron chi connectivity index (χ2n) is 8.60. The second kappa shape index (κ2) is 4.77. The summed E-state index contributed by atoms with van der Waals surface area (Å²) >= 11 is 0. The van der Waals surface area contributed by atoms with E-state index >= 15 is 0 Å². The van der Waals surface area contributed by atoms with Crippen molar-refractivity contribution in [1.82, 2.24) is 0 Å². The summed E-state index contributed by atoms with van der Waals surface area (Å²) in [6.45, 7) is 4.67. The Kier molecular flexibility index (Phi) is 3.13. The minimum atomic E-state index is -0.913. The lowest BCUT2D eigenvalue weighted by Gasteiger charge is -2.51. The van der Waals surface area contributed by atoms with E-state index in [1.165, 1.54) is 17.5 Å². The Hall–Kier alpha value is -1.46. The Labute approximate surface area is 138 Å². The van der Waals surface area contributed by atoms with Gasteiger partial charge in [0, 0.05) is 0 Å². The molecule has 2 nitrogen and oxygen atoms in total. The monoisotopic (exact) mass is 310 g/mol. The van der Waals surface area contributed by atoms with Crippen LogP contribution in [0.4, 0.5) is 0 Å². The molecule has 3 aliphatic carbocycles. The number of phenols is 1. The molecule has 1 aromatic rings. The third-order valence-corrected chi connectivity index (χ3v) is 7.10. The Morgan fingerprint density at radius 3 is 2.87 bits per heavy atom. The molecule has 2 heteroatoms. The largest absolute Gasteiger partial charge is 0.508 e. The van der Waals surface area contributed by atoms with Crippen molar-refractivity contribution in [2.24, 2.45) is 23.2 Å². The van der Waals surface area contributed by atoms with Crippen LogP contribution in [0.3, 0.4) is 0 Å². The molecule has 0 unspecified atom stereocenters. The maximum atomic E-state index is 10.7. The number of aliphatic hydroxyl groups is 1. The molecule has 0 bridgehead atoms. The fourth-order valence-corrected chi connectivity index (χ4v) is 6.19. The number of hydrogen-bond acceptors (Lipinski definition) is 2. The van der Waals surface area contributed by atoms with E-state index in [4.69, 9.17) is 6.42 Å². The van der Waals surface area contributed by atoms with E-state index in [2.05, 4.69) is 25.8 Å². The molecule has 0 aromatic heterocycles. The van der Waals surface area contributed by atoms with Crippen molar-refractivity contribution in [3.63, 3.8) is 0 Å². The average molecular weight is 310 g/mol. The summed E-state index contributed by atoms with van der Waals surface area (Å²) in [6.07, 6.45) is 10.5. The number of aromatic hydroxyl groups is 1. The van der Waals surface area contributed by atoms with Crippen molar-refractivity contribution in [3.05, 3.63) is 29.3 Å². The zero-order chi connectivity index (χ0) is 16.4. The highest BCUT2D eigenvalue weighted by molar-refractivity contribution is 5.41. The predicted octanol–water partition coefficient (Wildman–Crippen LogP) is 3.86. The summed E-state index contributed by atoms with van der Waals surface area (Å²) in [5.74, 6) is 5.26. The van der Waals surface area contributed by atoms with Gasteiger partial charge in [-0.2, -0.15) is 0 Å². The smallest absolute Gasteiger partial charge is 0.126 e. The van der Waals surface area contributed by atoms with E-state index in [1.54, 1.807) is 0 Å². The van der Waals surface area contributed by atoms with Gasteiger partial charge < -0.3 is 10.2 Å². The second-order valence-corrected chi connectivity index (χ2v) is 8.60. The lowest BCUT2D eigenvalue weighted by Crippen LogP contribution is -2.43. The summed E-state index contributed by atoms with van der Waals surface area (Å²) in [5.41, 5.74) is 1.99. The Bertz CT molecular complexity index is 688. The van der Waals surface area contributed by atoms with Crippen LogP contribution in [0.15, 0.2) is 18.2 Å². The molecule has 0 spiro atoms. The molecule has 3 aliphatic rings. The normalized spacial score (nSPS) is 44.8. The maximum Gasteiger partial charge on any atom is 0.126 e. The third kappa shape index (κ3) is 2.13. The van der Waals surface area contributed by atoms with Gasteiger partial charge >= 0.3 is 0 Å². The highest BCUT2D eigenvalue weighted by atomic mass is 16.3. The Morgan fingerprint density at radius 1 is 1.35 bits per heavy atom. The van der Waals surface area contributed by atoms with Crippen LogP contribution < -0.4 is 0 Å². The molecule has 6 atom stereocenters. The molecule has 2 fully saturated rings. The summed E-state index contributed by atoms with van der Waals surface area (Å²) in [7, 11) is 0. The standard InChI is InChI=1S/C21H26O2/c1-4-21(23)11-18-19-13(2)9-14-10-15(22)5-6-16(14)17(19)7-8-20(18,3)12-21/h1,5-6,10,13,17-19,22-23H,7-9,11-12H2,2-3H3/t13-,17-,18+,19-,20-,21-/m1/s1. The van der Waals surface area contributed by atoms with E-state index in [0.717, 1.165) is 25.7 Å². The lowest BCUT2D eigenvalue weighted by molar-refractivity contribution is 0.0313. The highest BCUT2D eigenvalue weighted by Crippen LogP contribution is 2.64. The van der Waals surface area contributed by atoms with Crippen LogP contribution in [0.2, 0.25) is 0 Å². The molecular formula is C21H26O2. The van der Waals surface area contributed by atoms with Gasteiger partial charge in [0.15, 0.2) is 0 Å². The van der Waals surface area contributed by atoms with Crippen molar-refractivity contribution in [1.29, 1.82) is 0 Å². The molecule has 4 rings (SSSR count). The summed E-state index contributed by atoms with van der Waals surface area (Å²) in [5, 5.41) is 20.5. The number of fused-ring (bicyclic) bond motifs is 5. The van der Waals surface area contributed by atoms with Crippen LogP contribution in [-0.2, 0) is 6.42 Å². The summed E-state index contributed by atoms with van der Waals surface area (Å²) < 4.78 is 0. The zero-order valence-electron chi connectivity index (χ0n) is 14.0. The minimum Gasteiger partial charge on any atom is -0.508 e. The van der Waals surface area contributed by atoms with Crippen LogP contribution >= 0.6 is 0 Å². The molecule has 1 aromatic carbocycles. The number of phenolic OH excluding ortho intramolecular Hbond substituents is 1. The topological polar surface area (TPSA) is 40.5 Å². The van der Waals surface area contributed by atoms with Crippen LogP contribution in [0.1, 0.15) is 56.6 Å². The van der Waals surface area contributed by atoms with Gasteiger partial charge in [0.05, 0.1) is 0 Å². The first-order valence-corrected chi connectivity index (χ1v) is 8.87. The molecule has 0 aliphatic heterocycles. The van der Waals surface area contributed by atoms with Crippen LogP contribution in [-0.4, -0.2) is 15.8 Å². The van der Waals surface area contributed by atoms with Gasteiger partial charge in [-0.05, 0) is 84.5 Å². The molecule has 2 N–H and O–H groups in total. The quantitative estimate of drug-likeness (QED) is 0.714. The molecule has 0 saturated heterocycles. The molecule has 0 amide bonds. The fraction of sp³-hybridized carbons (Fsp3) is 0.619. The molecule has 0 heterocycles. The fourth-order valence-electron chi connectivity index (χ4n) is 6.19. The molecule has 122 valence electrons. The van der Waals surface area contributed by atoms with Crippen molar-refractivity contribution in [3.8, 4) is 18.1 Å². The Balaban J connectivity index is 1.75. The van der Waals surface area contributed by atoms with E-state index in [1.807, 2.05) is 12.1 Å². The average Bonchev–Trinajstić information content (AvgIpc) is 2.78. The minimum absolute atomic E-state index is 0.172. The molecular weight excluding hydrogens is 284 g/mol. The summed E-state index contributed by atoms with van der Waals surface area (Å²) in [6, 6.07) is 5.90. The van der Waals surface area contributed by atoms with Gasteiger partial charge in [-0.25, -0.2) is 0 Å². The lowest BCUT2D eigenvalue weighted by atomic mass is 9.53. The molecule has 0 radical (unpaired) electrons. The van der Waals surface area contributed by atoms with Gasteiger partial charge in [-0.1, -0.05) is 25.8 Å². The molecule has 2 saturated carbocycles. The number of hydrogen-bond donors (Lipinski definition) is 2. The van der Waals surface area contributed by atoms with E-state index in [9.17, 15) is 10.2 Å². The van der Waals surface area contributed by atoms with E-state index in [0.29, 0.717) is 29.4 Å². The van der Waals surface area contributed by atoms with Crippen LogP contribution in [0.25, 0.3) is 0 Å². The number of terminal acetylenes is 1. The van der Waals surface area contributed by atoms with Crippen molar-refractivity contribution in [2.45, 2.75) is 57.5 Å². The van der Waals surface area contributed by atoms with Crippen LogP contribution in [0.5, 0.6) is 5.75 Å². The first-order chi connectivity index (χ1) is 10.9. The van der Waals surface area contributed by atoms with E-state index in [-0.39, 0.29) is 5.41 Å². The maximum absolute atomic E-state index is 10.7. The number of rotatable bonds is 0. The van der Waals surface area contributed by atoms with Gasteiger partial charge in [0.1, 0.15) is 11.4 Å². The van der Waals surface area contributed by atoms with Gasteiger partial charge in [0.25, 0.3) is 0 Å². The Morgan fingerprint density at radius 2 is 2.13 bits per heavy atom. The first-order valence-electron chi connectivity index (χ1n) is 8.87. The van der Waals surface area contributed by atoms with Gasteiger partial charge in [-0.3, -0.25) is 0 Å². The van der Waals surface area contributed by atoms with Crippen molar-refractivity contribution < 1.29 is 10.2 Å². The van der Waals surface area contributed by atoms with Crippen molar-refractivity contribution >= 4 is 0 Å². The van der Waals surface area contributed by atoms with Crippen LogP contribution in [0, 0.1) is 35.5 Å². The third-order valence-electron chi connectivity index (χ3n) is 7.10. The summed E-state index contributed by atoms with van der Waals surface area (Å²) in [4.78, 5) is 0. The van der Waals surface area contributed by atoms with Gasteiger partial charge in [0.2, 0.25) is 0 Å². The first kappa shape index (κ1) is 15.1. The van der Waals surface area contributed by atoms with Crippen molar-refractivity contribution in [2.75, 3.05) is 0 Å². The molecule has 23 heavy (non-hydrogen) atoms. The van der Waals surface area contributed by atoms with Gasteiger partial charge in [-0.15, -0.1) is 6.42 Å². The number of benzene rings is 1. The van der Waals surface area contributed by atoms with E-state index < -0.39 is 5.60 Å². The zero-order valence-corrected chi connectivity index (χ0v) is 14.0. The highest BCUT2D eigenvalue weighted by Gasteiger charge is 2.58. The SMILES string of the molecule is C#C[C@@]1(O)C[C@H]2[C@@H]3[C@H](C)Cc4cc(O)ccc4[C@H]3CC[C@]2(C)C1.